The molecule has 3 heteroatoms. The van der Waals surface area contributed by atoms with Gasteiger partial charge >= 0.3 is 0 Å². The number of carbonyl (C=O) groups excluding carboxylic acids is 2. The highest BCUT2D eigenvalue weighted by Gasteiger charge is 1.99. The lowest BCUT2D eigenvalue weighted by atomic mass is 10.1. The van der Waals surface area contributed by atoms with Gasteiger partial charge in [-0.05, 0) is 6.42 Å². The molecule has 0 aliphatic rings. The highest BCUT2D eigenvalue weighted by Crippen LogP contribution is 2.11. The Hall–Kier alpha value is -0.860. The second-order valence-electron chi connectivity index (χ2n) is 5.21. The molecule has 0 aliphatic carbocycles. The molecule has 0 unspecified atom stereocenters. The number of hydrogen-bond donors (Lipinski definition) is 1. The van der Waals surface area contributed by atoms with E-state index < -0.39 is 0 Å². The molecule has 0 aliphatic heterocycles. The lowest BCUT2D eigenvalue weighted by Crippen LogP contribution is -2.24. The van der Waals surface area contributed by atoms with Gasteiger partial charge in [-0.15, -0.1) is 0 Å². The fraction of sp³-hybridized carbons (Fsp3) is 0.875. The first-order valence-corrected chi connectivity index (χ1v) is 7.93. The SMILES string of the molecule is CCCCCCCCCCCCCC(=O)NC[C]=O. The van der Waals surface area contributed by atoms with Gasteiger partial charge in [0.05, 0.1) is 6.54 Å². The van der Waals surface area contributed by atoms with E-state index in [0.717, 1.165) is 12.8 Å². The van der Waals surface area contributed by atoms with Crippen LogP contribution in [-0.2, 0) is 9.59 Å². The van der Waals surface area contributed by atoms with E-state index in [1.165, 1.54) is 57.8 Å². The summed E-state index contributed by atoms with van der Waals surface area (Å²) in [7, 11) is 0. The van der Waals surface area contributed by atoms with Crippen molar-refractivity contribution in [3.8, 4) is 0 Å². The summed E-state index contributed by atoms with van der Waals surface area (Å²) in [5.74, 6) is -0.0284. The Morgan fingerprint density at radius 1 is 0.842 bits per heavy atom. The minimum absolute atomic E-state index is 0.0247. The van der Waals surface area contributed by atoms with Gasteiger partial charge in [0.15, 0.2) is 0 Å². The van der Waals surface area contributed by atoms with Gasteiger partial charge in [-0.1, -0.05) is 71.1 Å². The van der Waals surface area contributed by atoms with Crippen LogP contribution in [0, 0.1) is 0 Å². The smallest absolute Gasteiger partial charge is 0.220 e. The molecule has 3 nitrogen and oxygen atoms in total. The summed E-state index contributed by atoms with van der Waals surface area (Å²) in [6.45, 7) is 2.27. The van der Waals surface area contributed by atoms with Crippen LogP contribution in [-0.4, -0.2) is 18.7 Å². The number of rotatable bonds is 14. The maximum Gasteiger partial charge on any atom is 0.220 e. The highest BCUT2D eigenvalue weighted by molar-refractivity contribution is 5.78. The molecule has 0 rings (SSSR count). The third-order valence-electron chi connectivity index (χ3n) is 3.37. The van der Waals surface area contributed by atoms with E-state index in [1.807, 2.05) is 0 Å². The maximum atomic E-state index is 11.2. The number of amides is 1. The average molecular weight is 268 g/mol. The van der Waals surface area contributed by atoms with Crippen molar-refractivity contribution in [2.45, 2.75) is 84.0 Å². The summed E-state index contributed by atoms with van der Waals surface area (Å²) in [5, 5.41) is 2.51. The first kappa shape index (κ1) is 18.1. The summed E-state index contributed by atoms with van der Waals surface area (Å²) in [4.78, 5) is 21.1. The third kappa shape index (κ3) is 15.1. The van der Waals surface area contributed by atoms with Gasteiger partial charge in [-0.25, -0.2) is 0 Å². The van der Waals surface area contributed by atoms with Gasteiger partial charge in [-0.2, -0.15) is 0 Å². The van der Waals surface area contributed by atoms with Crippen LogP contribution < -0.4 is 5.32 Å². The Kier molecular flexibility index (Phi) is 14.5. The van der Waals surface area contributed by atoms with Crippen LogP contribution in [0.15, 0.2) is 0 Å². The molecular formula is C16H30NO2. The molecule has 0 fully saturated rings. The van der Waals surface area contributed by atoms with Crippen LogP contribution in [0.3, 0.4) is 0 Å². The molecule has 0 spiro atoms. The zero-order valence-corrected chi connectivity index (χ0v) is 12.5. The molecule has 0 aromatic carbocycles. The minimum Gasteiger partial charge on any atom is -0.349 e. The topological polar surface area (TPSA) is 46.2 Å². The fourth-order valence-electron chi connectivity index (χ4n) is 2.17. The van der Waals surface area contributed by atoms with E-state index >= 15 is 0 Å². The van der Waals surface area contributed by atoms with Crippen LogP contribution >= 0.6 is 0 Å². The molecule has 1 radical (unpaired) electrons. The van der Waals surface area contributed by atoms with Crippen LogP contribution in [0.1, 0.15) is 84.0 Å². The maximum absolute atomic E-state index is 11.2. The summed E-state index contributed by atoms with van der Waals surface area (Å²) in [5.41, 5.74) is 0. The van der Waals surface area contributed by atoms with Gasteiger partial charge in [-0.3, -0.25) is 9.59 Å². The normalized spacial score (nSPS) is 10.4. The fourth-order valence-corrected chi connectivity index (χ4v) is 2.17. The number of nitrogens with one attached hydrogen (secondary N) is 1. The van der Waals surface area contributed by atoms with E-state index in [1.54, 1.807) is 6.29 Å². The summed E-state index contributed by atoms with van der Waals surface area (Å²) in [6, 6.07) is 0. The molecule has 111 valence electrons. The predicted octanol–water partition coefficient (Wildman–Crippen LogP) is 3.91. The minimum atomic E-state index is -0.0284. The Morgan fingerprint density at radius 3 is 1.79 bits per heavy atom. The Labute approximate surface area is 118 Å². The van der Waals surface area contributed by atoms with Crippen molar-refractivity contribution in [2.75, 3.05) is 6.54 Å². The van der Waals surface area contributed by atoms with Crippen LogP contribution in [0.25, 0.3) is 0 Å². The van der Waals surface area contributed by atoms with Crippen LogP contribution in [0.5, 0.6) is 0 Å². The molecule has 0 atom stereocenters. The molecular weight excluding hydrogens is 238 g/mol. The van der Waals surface area contributed by atoms with Gasteiger partial charge in [0.2, 0.25) is 12.2 Å². The molecule has 0 bridgehead atoms. The van der Waals surface area contributed by atoms with Crippen LogP contribution in [0.4, 0.5) is 0 Å². The average Bonchev–Trinajstić information content (AvgIpc) is 2.42. The molecule has 1 amide bonds. The van der Waals surface area contributed by atoms with Crippen molar-refractivity contribution >= 4 is 12.2 Å². The summed E-state index contributed by atoms with van der Waals surface area (Å²) >= 11 is 0. The molecule has 19 heavy (non-hydrogen) atoms. The van der Waals surface area contributed by atoms with Gasteiger partial charge in [0.25, 0.3) is 0 Å². The van der Waals surface area contributed by atoms with Crippen molar-refractivity contribution < 1.29 is 9.59 Å². The van der Waals surface area contributed by atoms with Crippen molar-refractivity contribution in [3.05, 3.63) is 0 Å². The van der Waals surface area contributed by atoms with Gasteiger partial charge in [0.1, 0.15) is 0 Å². The van der Waals surface area contributed by atoms with E-state index in [9.17, 15) is 9.59 Å². The number of hydrogen-bond acceptors (Lipinski definition) is 2. The zero-order chi connectivity index (χ0) is 14.2. The first-order chi connectivity index (χ1) is 9.31. The molecule has 0 heterocycles. The number of carbonyl (C=O) groups is 1. The summed E-state index contributed by atoms with van der Waals surface area (Å²) < 4.78 is 0. The lowest BCUT2D eigenvalue weighted by molar-refractivity contribution is -0.120. The molecule has 0 saturated carbocycles. The third-order valence-corrected chi connectivity index (χ3v) is 3.37. The van der Waals surface area contributed by atoms with Gasteiger partial charge in [0, 0.05) is 6.42 Å². The molecule has 0 aromatic rings. The largest absolute Gasteiger partial charge is 0.349 e. The lowest BCUT2D eigenvalue weighted by Gasteiger charge is -2.03. The second kappa shape index (κ2) is 15.2. The van der Waals surface area contributed by atoms with E-state index in [2.05, 4.69) is 12.2 Å². The monoisotopic (exact) mass is 268 g/mol. The van der Waals surface area contributed by atoms with Crippen LogP contribution in [0.2, 0.25) is 0 Å². The first-order valence-electron chi connectivity index (χ1n) is 7.93. The predicted molar refractivity (Wildman–Crippen MR) is 79.8 cm³/mol. The summed E-state index contributed by atoms with van der Waals surface area (Å²) in [6.07, 6.45) is 16.3. The van der Waals surface area contributed by atoms with E-state index in [4.69, 9.17) is 0 Å². The standard InChI is InChI=1S/C16H30NO2/c1-2-3-4-5-6-7-8-9-10-11-12-13-16(19)17-14-15-18/h2-14H2,1H3,(H,17,19). The Morgan fingerprint density at radius 2 is 1.32 bits per heavy atom. The zero-order valence-electron chi connectivity index (χ0n) is 12.5. The van der Waals surface area contributed by atoms with E-state index in [0.29, 0.717) is 6.42 Å². The van der Waals surface area contributed by atoms with Crippen molar-refractivity contribution in [1.29, 1.82) is 0 Å². The second-order valence-corrected chi connectivity index (χ2v) is 5.21. The Bertz CT molecular complexity index is 217. The van der Waals surface area contributed by atoms with Gasteiger partial charge < -0.3 is 5.32 Å². The van der Waals surface area contributed by atoms with Crippen molar-refractivity contribution in [2.24, 2.45) is 0 Å². The quantitative estimate of drug-likeness (QED) is 0.485. The van der Waals surface area contributed by atoms with Crippen molar-refractivity contribution in [3.63, 3.8) is 0 Å². The van der Waals surface area contributed by atoms with Crippen molar-refractivity contribution in [1.82, 2.24) is 5.32 Å². The molecule has 0 saturated heterocycles. The Balaban J connectivity index is 3.06. The molecule has 1 N–H and O–H groups in total. The number of unbranched alkanes of at least 4 members (excludes halogenated alkanes) is 10. The highest BCUT2D eigenvalue weighted by atomic mass is 16.2. The van der Waals surface area contributed by atoms with E-state index in [-0.39, 0.29) is 12.5 Å². The molecule has 0 aromatic heterocycles.